The number of piperazine rings is 1. The Morgan fingerprint density at radius 2 is 1.83 bits per heavy atom. The first-order chi connectivity index (χ1) is 8.66. The molecule has 2 rings (SSSR count). The van der Waals surface area contributed by atoms with Gasteiger partial charge in [0, 0.05) is 37.4 Å². The van der Waals surface area contributed by atoms with Crippen LogP contribution >= 0.6 is 0 Å². The molecule has 1 aromatic carbocycles. The number of nitrogens with two attached hydrogens (primary N) is 1. The summed E-state index contributed by atoms with van der Waals surface area (Å²) >= 11 is 0. The van der Waals surface area contributed by atoms with Gasteiger partial charge in [-0.1, -0.05) is 0 Å². The first-order valence-corrected chi connectivity index (χ1v) is 6.61. The Bertz CT molecular complexity index is 356. The number of anilines is 1. The zero-order chi connectivity index (χ0) is 13.0. The average Bonchev–Trinajstić information content (AvgIpc) is 2.35. The number of rotatable bonds is 4. The molecule has 0 aromatic heterocycles. The molecule has 2 atom stereocenters. The van der Waals surface area contributed by atoms with E-state index in [4.69, 9.17) is 10.5 Å². The Morgan fingerprint density at radius 1 is 1.22 bits per heavy atom. The summed E-state index contributed by atoms with van der Waals surface area (Å²) in [6, 6.07) is 8.71. The van der Waals surface area contributed by atoms with Crippen LogP contribution in [-0.2, 0) is 0 Å². The van der Waals surface area contributed by atoms with Crippen molar-refractivity contribution in [3.05, 3.63) is 24.3 Å². The van der Waals surface area contributed by atoms with Crippen molar-refractivity contribution in [2.75, 3.05) is 32.0 Å². The number of benzene rings is 1. The van der Waals surface area contributed by atoms with Crippen LogP contribution in [0.25, 0.3) is 0 Å². The molecular formula is C14H23N3O. The van der Waals surface area contributed by atoms with Crippen molar-refractivity contribution in [3.63, 3.8) is 0 Å². The van der Waals surface area contributed by atoms with Gasteiger partial charge in [0.25, 0.3) is 0 Å². The summed E-state index contributed by atoms with van der Waals surface area (Å²) in [5, 5.41) is 3.43. The maximum atomic E-state index is 5.74. The van der Waals surface area contributed by atoms with Gasteiger partial charge < -0.3 is 15.8 Å². The van der Waals surface area contributed by atoms with Crippen LogP contribution in [0.4, 0.5) is 5.69 Å². The molecule has 1 heterocycles. The highest BCUT2D eigenvalue weighted by atomic mass is 16.5. The van der Waals surface area contributed by atoms with Crippen molar-refractivity contribution in [3.8, 4) is 5.75 Å². The molecule has 100 valence electrons. The maximum absolute atomic E-state index is 5.74. The van der Waals surface area contributed by atoms with Crippen molar-refractivity contribution < 1.29 is 4.74 Å². The minimum Gasteiger partial charge on any atom is -0.492 e. The van der Waals surface area contributed by atoms with Crippen molar-refractivity contribution in [2.24, 2.45) is 0 Å². The highest BCUT2D eigenvalue weighted by molar-refractivity contribution is 5.41. The second kappa shape index (κ2) is 6.07. The number of ether oxygens (including phenoxy) is 1. The fourth-order valence-electron chi connectivity index (χ4n) is 2.44. The molecule has 0 amide bonds. The van der Waals surface area contributed by atoms with Crippen LogP contribution in [0, 0.1) is 0 Å². The quantitative estimate of drug-likeness (QED) is 0.790. The summed E-state index contributed by atoms with van der Waals surface area (Å²) in [5.74, 6) is 0.889. The minimum absolute atomic E-state index is 0.573. The van der Waals surface area contributed by atoms with E-state index < -0.39 is 0 Å². The molecule has 1 aromatic rings. The van der Waals surface area contributed by atoms with E-state index in [1.165, 1.54) is 0 Å². The van der Waals surface area contributed by atoms with Crippen LogP contribution < -0.4 is 15.8 Å². The average molecular weight is 249 g/mol. The molecule has 0 bridgehead atoms. The fourth-order valence-corrected chi connectivity index (χ4v) is 2.44. The van der Waals surface area contributed by atoms with Gasteiger partial charge >= 0.3 is 0 Å². The van der Waals surface area contributed by atoms with E-state index in [0.717, 1.165) is 37.7 Å². The number of nitrogens with zero attached hydrogens (tertiary/aromatic N) is 1. The molecule has 1 fully saturated rings. The number of hydrogen-bond acceptors (Lipinski definition) is 4. The molecular weight excluding hydrogens is 226 g/mol. The van der Waals surface area contributed by atoms with E-state index in [2.05, 4.69) is 24.1 Å². The van der Waals surface area contributed by atoms with Crippen LogP contribution in [0.1, 0.15) is 13.8 Å². The lowest BCUT2D eigenvalue weighted by Gasteiger charge is -2.39. The lowest BCUT2D eigenvalue weighted by atomic mass is 10.1. The number of nitrogen functional groups attached to an aromatic ring is 1. The van der Waals surface area contributed by atoms with E-state index in [0.29, 0.717) is 12.1 Å². The standard InChI is InChI=1S/C14H23N3O/c1-11-9-16-10-12(2)17(11)7-8-18-14-5-3-13(15)4-6-14/h3-6,11-12,16H,7-10,15H2,1-2H3. The Balaban J connectivity index is 1.79. The third-order valence-corrected chi connectivity index (χ3v) is 3.51. The maximum Gasteiger partial charge on any atom is 0.119 e. The van der Waals surface area contributed by atoms with Crippen molar-refractivity contribution in [1.82, 2.24) is 10.2 Å². The van der Waals surface area contributed by atoms with Crippen molar-refractivity contribution >= 4 is 5.69 Å². The largest absolute Gasteiger partial charge is 0.492 e. The van der Waals surface area contributed by atoms with Crippen LogP contribution in [0.3, 0.4) is 0 Å². The van der Waals surface area contributed by atoms with E-state index in [1.807, 2.05) is 24.3 Å². The third-order valence-electron chi connectivity index (χ3n) is 3.51. The molecule has 4 heteroatoms. The second-order valence-electron chi connectivity index (χ2n) is 5.01. The smallest absolute Gasteiger partial charge is 0.119 e. The summed E-state index contributed by atoms with van der Waals surface area (Å²) in [4.78, 5) is 2.49. The van der Waals surface area contributed by atoms with Crippen LogP contribution in [0.5, 0.6) is 5.75 Å². The number of hydrogen-bond donors (Lipinski definition) is 2. The predicted octanol–water partition coefficient (Wildman–Crippen LogP) is 1.33. The molecule has 2 unspecified atom stereocenters. The summed E-state index contributed by atoms with van der Waals surface area (Å²) in [5.41, 5.74) is 6.41. The topological polar surface area (TPSA) is 50.5 Å². The molecule has 1 aliphatic rings. The molecule has 0 spiro atoms. The second-order valence-corrected chi connectivity index (χ2v) is 5.01. The van der Waals surface area contributed by atoms with E-state index in [-0.39, 0.29) is 0 Å². The molecule has 3 N–H and O–H groups in total. The van der Waals surface area contributed by atoms with Crippen LogP contribution in [-0.4, -0.2) is 43.2 Å². The number of nitrogens with one attached hydrogen (secondary N) is 1. The minimum atomic E-state index is 0.573. The van der Waals surface area contributed by atoms with Gasteiger partial charge in [-0.2, -0.15) is 0 Å². The Hall–Kier alpha value is -1.26. The predicted molar refractivity (Wildman–Crippen MR) is 74.8 cm³/mol. The zero-order valence-electron chi connectivity index (χ0n) is 11.2. The van der Waals surface area contributed by atoms with E-state index in [1.54, 1.807) is 0 Å². The first-order valence-electron chi connectivity index (χ1n) is 6.61. The van der Waals surface area contributed by atoms with Crippen LogP contribution in [0.2, 0.25) is 0 Å². The van der Waals surface area contributed by atoms with Crippen LogP contribution in [0.15, 0.2) is 24.3 Å². The summed E-state index contributed by atoms with van der Waals surface area (Å²) < 4.78 is 5.74. The SMILES string of the molecule is CC1CNCC(C)N1CCOc1ccc(N)cc1. The monoisotopic (exact) mass is 249 g/mol. The van der Waals surface area contributed by atoms with E-state index in [9.17, 15) is 0 Å². The summed E-state index contributed by atoms with van der Waals surface area (Å²) in [6.07, 6.45) is 0. The highest BCUT2D eigenvalue weighted by Gasteiger charge is 2.23. The van der Waals surface area contributed by atoms with Crippen molar-refractivity contribution in [1.29, 1.82) is 0 Å². The van der Waals surface area contributed by atoms with Gasteiger partial charge in [0.15, 0.2) is 0 Å². The highest BCUT2D eigenvalue weighted by Crippen LogP contribution is 2.14. The molecule has 0 radical (unpaired) electrons. The molecule has 0 aliphatic carbocycles. The molecule has 4 nitrogen and oxygen atoms in total. The van der Waals surface area contributed by atoms with E-state index >= 15 is 0 Å². The zero-order valence-corrected chi connectivity index (χ0v) is 11.2. The Morgan fingerprint density at radius 3 is 2.44 bits per heavy atom. The Labute approximate surface area is 109 Å². The van der Waals surface area contributed by atoms with Gasteiger partial charge in [0.1, 0.15) is 12.4 Å². The lowest BCUT2D eigenvalue weighted by molar-refractivity contribution is 0.0966. The van der Waals surface area contributed by atoms with Gasteiger partial charge in [-0.15, -0.1) is 0 Å². The third kappa shape index (κ3) is 3.37. The first kappa shape index (κ1) is 13.2. The summed E-state index contributed by atoms with van der Waals surface area (Å²) in [6.45, 7) is 8.32. The molecule has 18 heavy (non-hydrogen) atoms. The molecule has 0 saturated carbocycles. The summed E-state index contributed by atoms with van der Waals surface area (Å²) in [7, 11) is 0. The van der Waals surface area contributed by atoms with Gasteiger partial charge in [-0.25, -0.2) is 0 Å². The lowest BCUT2D eigenvalue weighted by Crippen LogP contribution is -2.55. The Kier molecular flexibility index (Phi) is 4.44. The van der Waals surface area contributed by atoms with Gasteiger partial charge in [0.2, 0.25) is 0 Å². The van der Waals surface area contributed by atoms with Gasteiger partial charge in [0.05, 0.1) is 0 Å². The normalized spacial score (nSPS) is 25.0. The molecule has 1 aliphatic heterocycles. The van der Waals surface area contributed by atoms with Crippen molar-refractivity contribution in [2.45, 2.75) is 25.9 Å². The van der Waals surface area contributed by atoms with Gasteiger partial charge in [-0.3, -0.25) is 4.90 Å². The van der Waals surface area contributed by atoms with Gasteiger partial charge in [-0.05, 0) is 38.1 Å². The molecule has 1 saturated heterocycles. The fraction of sp³-hybridized carbons (Fsp3) is 0.571.